The number of carbonyl (C=O) groups is 1. The molecule has 0 spiro atoms. The molecule has 5 rings (SSSR count). The van der Waals surface area contributed by atoms with Gasteiger partial charge in [-0.25, -0.2) is 12.8 Å². The number of fused-ring (bicyclic) bond motifs is 1. The highest BCUT2D eigenvalue weighted by molar-refractivity contribution is 7.89. The van der Waals surface area contributed by atoms with Crippen molar-refractivity contribution in [3.63, 3.8) is 0 Å². The van der Waals surface area contributed by atoms with E-state index in [0.717, 1.165) is 0 Å². The fraction of sp³-hybridized carbons (Fsp3) is 0.435. The lowest BCUT2D eigenvalue weighted by molar-refractivity contribution is -0.134. The first kappa shape index (κ1) is 22.0. The number of nitrogens with zero attached hydrogens (tertiary/aromatic N) is 3. The maximum absolute atomic E-state index is 14.1. The smallest absolute Gasteiger partial charge is 0.243 e. The van der Waals surface area contributed by atoms with Crippen LogP contribution in [0.2, 0.25) is 0 Å². The summed E-state index contributed by atoms with van der Waals surface area (Å²) in [5.74, 6) is 0.433. The van der Waals surface area contributed by atoms with Gasteiger partial charge in [0.15, 0.2) is 11.5 Å². The van der Waals surface area contributed by atoms with Crippen LogP contribution >= 0.6 is 0 Å². The number of halogens is 1. The van der Waals surface area contributed by atoms with Crippen molar-refractivity contribution in [1.82, 2.24) is 9.21 Å². The molecule has 1 unspecified atom stereocenters. The molecule has 2 saturated heterocycles. The summed E-state index contributed by atoms with van der Waals surface area (Å²) in [4.78, 5) is 17.0. The number of anilines is 1. The minimum atomic E-state index is -3.87. The number of ether oxygens (including phenoxy) is 2. The molecule has 2 fully saturated rings. The van der Waals surface area contributed by atoms with Gasteiger partial charge in [-0.15, -0.1) is 0 Å². The Hall–Kier alpha value is -2.85. The van der Waals surface area contributed by atoms with Crippen LogP contribution in [0.4, 0.5) is 10.1 Å². The first-order valence-corrected chi connectivity index (χ1v) is 12.6. The average Bonchev–Trinajstić information content (AvgIpc) is 3.35. The van der Waals surface area contributed by atoms with Gasteiger partial charge >= 0.3 is 0 Å². The topological polar surface area (TPSA) is 79.4 Å². The van der Waals surface area contributed by atoms with Gasteiger partial charge in [-0.05, 0) is 37.1 Å². The zero-order chi connectivity index (χ0) is 23.0. The zero-order valence-electron chi connectivity index (χ0n) is 18.2. The SMILES string of the molecule is O=C(C1CCCN1S(=O)(=O)c1ccc2c(c1)OCCO2)N1CCN(c2ccccc2F)CC1. The standard InChI is InChI=1S/C23H26FN3O5S/c24-18-4-1-2-5-19(18)25-10-12-26(13-11-25)23(28)20-6-3-9-27(20)33(29,30)17-7-8-21-22(16-17)32-15-14-31-21/h1-2,4-5,7-8,16,20H,3,6,9-15H2. The van der Waals surface area contributed by atoms with Crippen LogP contribution in [0.1, 0.15) is 12.8 Å². The third-order valence-electron chi connectivity index (χ3n) is 6.39. The lowest BCUT2D eigenvalue weighted by Gasteiger charge is -2.38. The van der Waals surface area contributed by atoms with Gasteiger partial charge in [0.1, 0.15) is 25.1 Å². The first-order valence-electron chi connectivity index (χ1n) is 11.1. The van der Waals surface area contributed by atoms with Crippen LogP contribution < -0.4 is 14.4 Å². The van der Waals surface area contributed by atoms with Crippen molar-refractivity contribution in [2.45, 2.75) is 23.8 Å². The second kappa shape index (κ2) is 8.83. The van der Waals surface area contributed by atoms with Crippen molar-refractivity contribution in [3.05, 3.63) is 48.3 Å². The number of amides is 1. The van der Waals surface area contributed by atoms with Crippen molar-refractivity contribution in [2.24, 2.45) is 0 Å². The summed E-state index contributed by atoms with van der Waals surface area (Å²) in [5, 5.41) is 0. The largest absolute Gasteiger partial charge is 0.486 e. The van der Waals surface area contributed by atoms with E-state index >= 15 is 0 Å². The maximum atomic E-state index is 14.1. The molecule has 0 bridgehead atoms. The quantitative estimate of drug-likeness (QED) is 0.674. The van der Waals surface area contributed by atoms with Crippen molar-refractivity contribution in [2.75, 3.05) is 50.8 Å². The van der Waals surface area contributed by atoms with E-state index in [1.165, 1.54) is 22.5 Å². The third kappa shape index (κ3) is 4.13. The van der Waals surface area contributed by atoms with Gasteiger partial charge in [0.2, 0.25) is 15.9 Å². The summed E-state index contributed by atoms with van der Waals surface area (Å²) in [6.45, 7) is 2.90. The van der Waals surface area contributed by atoms with Crippen molar-refractivity contribution >= 4 is 21.6 Å². The highest BCUT2D eigenvalue weighted by Gasteiger charge is 2.42. The average molecular weight is 476 g/mol. The van der Waals surface area contributed by atoms with Gasteiger partial charge in [0, 0.05) is 38.8 Å². The number of hydrogen-bond acceptors (Lipinski definition) is 6. The van der Waals surface area contributed by atoms with E-state index in [1.807, 2.05) is 4.90 Å². The van der Waals surface area contributed by atoms with Gasteiger partial charge in [-0.2, -0.15) is 4.31 Å². The van der Waals surface area contributed by atoms with Crippen molar-refractivity contribution < 1.29 is 27.1 Å². The number of piperazine rings is 1. The molecule has 1 atom stereocenters. The van der Waals surface area contributed by atoms with Crippen molar-refractivity contribution in [1.29, 1.82) is 0 Å². The molecule has 8 nitrogen and oxygen atoms in total. The van der Waals surface area contributed by atoms with E-state index in [0.29, 0.717) is 76.0 Å². The Morgan fingerprint density at radius 1 is 0.939 bits per heavy atom. The molecule has 3 aliphatic heterocycles. The number of benzene rings is 2. The minimum absolute atomic E-state index is 0.0934. The van der Waals surface area contributed by atoms with Crippen LogP contribution in [0.5, 0.6) is 11.5 Å². The molecule has 3 aliphatic rings. The second-order valence-corrected chi connectivity index (χ2v) is 10.2. The molecule has 176 valence electrons. The van der Waals surface area contributed by atoms with E-state index in [1.54, 1.807) is 29.2 Å². The Bertz CT molecular complexity index is 1150. The molecule has 33 heavy (non-hydrogen) atoms. The number of carbonyl (C=O) groups excluding carboxylic acids is 1. The van der Waals surface area contributed by atoms with Crippen LogP contribution in [0, 0.1) is 5.82 Å². The molecule has 0 radical (unpaired) electrons. The highest BCUT2D eigenvalue weighted by atomic mass is 32.2. The summed E-state index contributed by atoms with van der Waals surface area (Å²) in [6, 6.07) is 10.4. The summed E-state index contributed by atoms with van der Waals surface area (Å²) in [6.07, 6.45) is 1.10. The van der Waals surface area contributed by atoms with Gasteiger partial charge in [-0.1, -0.05) is 12.1 Å². The Kier molecular flexibility index (Phi) is 5.88. The summed E-state index contributed by atoms with van der Waals surface area (Å²) < 4.78 is 53.2. The molecular weight excluding hydrogens is 449 g/mol. The van der Waals surface area contributed by atoms with Gasteiger partial charge < -0.3 is 19.3 Å². The number of rotatable bonds is 4. The van der Waals surface area contributed by atoms with Crippen LogP contribution in [0.3, 0.4) is 0 Å². The lowest BCUT2D eigenvalue weighted by Crippen LogP contribution is -2.54. The highest BCUT2D eigenvalue weighted by Crippen LogP contribution is 2.35. The molecular formula is C23H26FN3O5S. The Balaban J connectivity index is 1.29. The Morgan fingerprint density at radius 3 is 2.42 bits per heavy atom. The first-order chi connectivity index (χ1) is 15.9. The van der Waals surface area contributed by atoms with E-state index in [-0.39, 0.29) is 16.6 Å². The Morgan fingerprint density at radius 2 is 1.67 bits per heavy atom. The molecule has 10 heteroatoms. The molecule has 0 N–H and O–H groups in total. The summed E-state index contributed by atoms with van der Waals surface area (Å²) in [7, 11) is -3.87. The molecule has 3 heterocycles. The predicted molar refractivity (Wildman–Crippen MR) is 120 cm³/mol. The number of sulfonamides is 1. The summed E-state index contributed by atoms with van der Waals surface area (Å²) >= 11 is 0. The fourth-order valence-electron chi connectivity index (χ4n) is 4.68. The van der Waals surface area contributed by atoms with E-state index < -0.39 is 16.1 Å². The van der Waals surface area contributed by atoms with E-state index in [2.05, 4.69) is 0 Å². The molecule has 0 aromatic heterocycles. The van der Waals surface area contributed by atoms with Crippen LogP contribution in [-0.4, -0.2) is 75.5 Å². The van der Waals surface area contributed by atoms with E-state index in [4.69, 9.17) is 9.47 Å². The zero-order valence-corrected chi connectivity index (χ0v) is 19.0. The fourth-order valence-corrected chi connectivity index (χ4v) is 6.35. The normalized spacial score (nSPS) is 21.3. The Labute approximate surface area is 192 Å². The predicted octanol–water partition coefficient (Wildman–Crippen LogP) is 2.10. The third-order valence-corrected chi connectivity index (χ3v) is 8.30. The number of para-hydroxylation sites is 1. The lowest BCUT2D eigenvalue weighted by atomic mass is 10.1. The molecule has 2 aromatic rings. The van der Waals surface area contributed by atoms with Crippen LogP contribution in [-0.2, 0) is 14.8 Å². The summed E-state index contributed by atoms with van der Waals surface area (Å²) in [5.41, 5.74) is 0.522. The van der Waals surface area contributed by atoms with Crippen LogP contribution in [0.15, 0.2) is 47.4 Å². The minimum Gasteiger partial charge on any atom is -0.486 e. The molecule has 2 aromatic carbocycles. The molecule has 0 aliphatic carbocycles. The van der Waals surface area contributed by atoms with Gasteiger partial charge in [-0.3, -0.25) is 4.79 Å². The van der Waals surface area contributed by atoms with Crippen LogP contribution in [0.25, 0.3) is 0 Å². The monoisotopic (exact) mass is 475 g/mol. The molecule has 1 amide bonds. The van der Waals surface area contributed by atoms with E-state index in [9.17, 15) is 17.6 Å². The molecule has 0 saturated carbocycles. The van der Waals surface area contributed by atoms with Gasteiger partial charge in [0.25, 0.3) is 0 Å². The van der Waals surface area contributed by atoms with Crippen molar-refractivity contribution in [3.8, 4) is 11.5 Å². The maximum Gasteiger partial charge on any atom is 0.243 e. The second-order valence-electron chi connectivity index (χ2n) is 8.34. The van der Waals surface area contributed by atoms with Gasteiger partial charge in [0.05, 0.1) is 10.6 Å². The number of hydrogen-bond donors (Lipinski definition) is 0.